The third kappa shape index (κ3) is 0.829. The summed E-state index contributed by atoms with van der Waals surface area (Å²) in [7, 11) is 3.23. The number of rotatable bonds is 0. The van der Waals surface area contributed by atoms with E-state index in [9.17, 15) is 4.79 Å². The summed E-state index contributed by atoms with van der Waals surface area (Å²) in [5.74, 6) is 0. The minimum Gasteiger partial charge on any atom is -0.274 e. The molecule has 0 fully saturated rings. The summed E-state index contributed by atoms with van der Waals surface area (Å²) < 4.78 is 2.72. The molecule has 0 atom stereocenters. The van der Waals surface area contributed by atoms with E-state index in [1.54, 1.807) is 14.1 Å². The predicted octanol–water partition coefficient (Wildman–Crippen LogP) is -0.735. The lowest BCUT2D eigenvalue weighted by Crippen LogP contribution is -2.24. The van der Waals surface area contributed by atoms with Crippen LogP contribution in [0.1, 0.15) is 0 Å². The van der Waals surface area contributed by atoms with E-state index in [1.165, 1.54) is 8.52 Å². The SMILES string of the molecule is Cn1sc(=N)n(C)c1=O. The van der Waals surface area contributed by atoms with E-state index in [1.807, 2.05) is 0 Å². The number of nitrogens with one attached hydrogen (secondary N) is 1. The van der Waals surface area contributed by atoms with Gasteiger partial charge in [0.15, 0.2) is 0 Å². The van der Waals surface area contributed by atoms with Gasteiger partial charge in [0.25, 0.3) is 0 Å². The molecule has 0 aromatic carbocycles. The first-order valence-corrected chi connectivity index (χ1v) is 3.18. The molecule has 1 heterocycles. The Labute approximate surface area is 55.6 Å². The van der Waals surface area contributed by atoms with E-state index in [2.05, 4.69) is 0 Å². The quantitative estimate of drug-likeness (QED) is 0.514. The van der Waals surface area contributed by atoms with Gasteiger partial charge in [-0.05, 0) is 11.5 Å². The van der Waals surface area contributed by atoms with Crippen molar-refractivity contribution in [1.82, 2.24) is 8.52 Å². The zero-order valence-corrected chi connectivity index (χ0v) is 6.03. The fraction of sp³-hybridized carbons (Fsp3) is 0.500. The fourth-order valence-corrected chi connectivity index (χ4v) is 1.19. The zero-order chi connectivity index (χ0) is 7.02. The molecule has 4 nitrogen and oxygen atoms in total. The summed E-state index contributed by atoms with van der Waals surface area (Å²) in [4.78, 5) is 11.1. The van der Waals surface area contributed by atoms with E-state index in [0.29, 0.717) is 0 Å². The second kappa shape index (κ2) is 1.84. The first kappa shape index (κ1) is 6.28. The lowest BCUT2D eigenvalue weighted by Gasteiger charge is -1.80. The van der Waals surface area contributed by atoms with Crippen LogP contribution in [0.4, 0.5) is 0 Å². The average Bonchev–Trinajstić information content (AvgIpc) is 1.98. The van der Waals surface area contributed by atoms with Crippen LogP contribution >= 0.6 is 11.5 Å². The van der Waals surface area contributed by atoms with E-state index in [4.69, 9.17) is 5.41 Å². The second-order valence-corrected chi connectivity index (χ2v) is 2.85. The van der Waals surface area contributed by atoms with Crippen LogP contribution in [-0.4, -0.2) is 8.52 Å². The van der Waals surface area contributed by atoms with Crippen LogP contribution in [-0.2, 0) is 14.1 Å². The standard InChI is InChI=1S/C4H7N3OS/c1-6-3(5)9-7(2)4(6)8/h5H,1-2H3. The van der Waals surface area contributed by atoms with Crippen molar-refractivity contribution in [2.75, 3.05) is 0 Å². The van der Waals surface area contributed by atoms with E-state index < -0.39 is 0 Å². The molecule has 0 saturated heterocycles. The molecule has 5 heteroatoms. The van der Waals surface area contributed by atoms with E-state index in [-0.39, 0.29) is 10.5 Å². The number of aryl methyl sites for hydroxylation is 1. The smallest absolute Gasteiger partial charge is 0.274 e. The summed E-state index contributed by atoms with van der Waals surface area (Å²) in [5.41, 5.74) is -0.134. The summed E-state index contributed by atoms with van der Waals surface area (Å²) in [6.07, 6.45) is 0. The number of hydrogen-bond acceptors (Lipinski definition) is 3. The highest BCUT2D eigenvalue weighted by molar-refractivity contribution is 7.03. The molecule has 0 aliphatic rings. The largest absolute Gasteiger partial charge is 0.339 e. The lowest BCUT2D eigenvalue weighted by molar-refractivity contribution is 0.757. The Hall–Kier alpha value is -0.840. The van der Waals surface area contributed by atoms with Crippen molar-refractivity contribution in [3.8, 4) is 0 Å². The van der Waals surface area contributed by atoms with Gasteiger partial charge in [0.05, 0.1) is 0 Å². The van der Waals surface area contributed by atoms with Crippen molar-refractivity contribution in [2.45, 2.75) is 0 Å². The Kier molecular flexibility index (Phi) is 1.28. The topological polar surface area (TPSA) is 50.8 Å². The number of hydrogen-bond donors (Lipinski definition) is 1. The van der Waals surface area contributed by atoms with E-state index >= 15 is 0 Å². The number of nitrogens with zero attached hydrogens (tertiary/aromatic N) is 2. The molecular weight excluding hydrogens is 138 g/mol. The van der Waals surface area contributed by atoms with Gasteiger partial charge in [-0.2, -0.15) is 0 Å². The van der Waals surface area contributed by atoms with Gasteiger partial charge >= 0.3 is 5.69 Å². The molecule has 0 amide bonds. The van der Waals surface area contributed by atoms with Crippen molar-refractivity contribution in [3.63, 3.8) is 0 Å². The molecule has 0 spiro atoms. The molecule has 1 rings (SSSR count). The maximum atomic E-state index is 10.8. The van der Waals surface area contributed by atoms with Gasteiger partial charge in [0.2, 0.25) is 4.80 Å². The second-order valence-electron chi connectivity index (χ2n) is 1.74. The maximum Gasteiger partial charge on any atom is 0.339 e. The summed E-state index contributed by atoms with van der Waals surface area (Å²) in [5, 5.41) is 7.14. The van der Waals surface area contributed by atoms with Crippen molar-refractivity contribution in [2.24, 2.45) is 14.1 Å². The van der Waals surface area contributed by atoms with Gasteiger partial charge in [0, 0.05) is 14.1 Å². The van der Waals surface area contributed by atoms with Crippen molar-refractivity contribution < 1.29 is 0 Å². The van der Waals surface area contributed by atoms with Gasteiger partial charge in [-0.1, -0.05) is 0 Å². The van der Waals surface area contributed by atoms with Gasteiger partial charge in [-0.3, -0.25) is 9.98 Å². The molecule has 50 valence electrons. The molecule has 0 bridgehead atoms. The van der Waals surface area contributed by atoms with Crippen LogP contribution in [0.2, 0.25) is 0 Å². The highest BCUT2D eigenvalue weighted by atomic mass is 32.1. The minimum absolute atomic E-state index is 0.134. The van der Waals surface area contributed by atoms with Crippen LogP contribution in [0.3, 0.4) is 0 Å². The van der Waals surface area contributed by atoms with Crippen LogP contribution in [0.15, 0.2) is 4.79 Å². The Bertz CT molecular complexity index is 317. The Balaban J connectivity index is 3.68. The average molecular weight is 145 g/mol. The molecule has 0 aliphatic carbocycles. The number of aromatic nitrogens is 2. The first-order valence-electron chi connectivity index (χ1n) is 2.41. The molecule has 1 aromatic heterocycles. The van der Waals surface area contributed by atoms with Crippen LogP contribution < -0.4 is 10.5 Å². The highest BCUT2D eigenvalue weighted by Gasteiger charge is 1.96. The first-order chi connectivity index (χ1) is 4.13. The summed E-state index contributed by atoms with van der Waals surface area (Å²) in [6, 6.07) is 0. The molecule has 1 N–H and O–H groups in total. The Morgan fingerprint density at radius 2 is 2.11 bits per heavy atom. The predicted molar refractivity (Wildman–Crippen MR) is 34.4 cm³/mol. The molecule has 0 aliphatic heterocycles. The summed E-state index contributed by atoms with van der Waals surface area (Å²) >= 11 is 1.13. The van der Waals surface area contributed by atoms with Crippen LogP contribution in [0.25, 0.3) is 0 Å². The Morgan fingerprint density at radius 1 is 1.56 bits per heavy atom. The van der Waals surface area contributed by atoms with Gasteiger partial charge in [-0.25, -0.2) is 8.75 Å². The Morgan fingerprint density at radius 3 is 2.22 bits per heavy atom. The molecule has 9 heavy (non-hydrogen) atoms. The van der Waals surface area contributed by atoms with Gasteiger partial charge in [0.1, 0.15) is 0 Å². The fourth-order valence-electron chi connectivity index (χ4n) is 0.528. The van der Waals surface area contributed by atoms with Gasteiger partial charge < -0.3 is 0 Å². The van der Waals surface area contributed by atoms with Crippen LogP contribution in [0, 0.1) is 5.41 Å². The maximum absolute atomic E-state index is 10.8. The molecule has 0 unspecified atom stereocenters. The monoisotopic (exact) mass is 145 g/mol. The van der Waals surface area contributed by atoms with Gasteiger partial charge in [-0.15, -0.1) is 0 Å². The lowest BCUT2D eigenvalue weighted by atomic mass is 11.0. The van der Waals surface area contributed by atoms with E-state index in [0.717, 1.165) is 11.5 Å². The molecule has 0 saturated carbocycles. The molecule has 0 radical (unpaired) electrons. The molecular formula is C4H7N3OS. The summed E-state index contributed by atoms with van der Waals surface area (Å²) in [6.45, 7) is 0. The minimum atomic E-state index is -0.134. The zero-order valence-electron chi connectivity index (χ0n) is 5.21. The van der Waals surface area contributed by atoms with Crippen molar-refractivity contribution in [1.29, 1.82) is 5.41 Å². The van der Waals surface area contributed by atoms with Crippen LogP contribution in [0.5, 0.6) is 0 Å². The van der Waals surface area contributed by atoms with Crippen molar-refractivity contribution >= 4 is 11.5 Å². The third-order valence-electron chi connectivity index (χ3n) is 1.08. The van der Waals surface area contributed by atoms with Crippen molar-refractivity contribution in [3.05, 3.63) is 15.3 Å². The highest BCUT2D eigenvalue weighted by Crippen LogP contribution is 1.74. The third-order valence-corrected chi connectivity index (χ3v) is 1.96. The molecule has 1 aromatic rings. The normalized spacial score (nSPS) is 10.0.